The Balaban J connectivity index is 1.95. The van der Waals surface area contributed by atoms with E-state index in [0.717, 1.165) is 29.7 Å². The van der Waals surface area contributed by atoms with Gasteiger partial charge in [-0.2, -0.15) is 0 Å². The zero-order valence-electron chi connectivity index (χ0n) is 16.9. The van der Waals surface area contributed by atoms with Crippen LogP contribution < -0.4 is 4.90 Å². The molecule has 0 N–H and O–H groups in total. The van der Waals surface area contributed by atoms with Gasteiger partial charge in [-0.1, -0.05) is 30.3 Å². The summed E-state index contributed by atoms with van der Waals surface area (Å²) in [6, 6.07) is 10.3. The molecule has 0 spiro atoms. The number of nitrogens with zero attached hydrogens (tertiary/aromatic N) is 4. The lowest BCUT2D eigenvalue weighted by molar-refractivity contribution is 0.0589. The second-order valence-electron chi connectivity index (χ2n) is 7.82. The summed E-state index contributed by atoms with van der Waals surface area (Å²) in [5.74, 6) is 0.498. The van der Waals surface area contributed by atoms with Gasteiger partial charge in [0.25, 0.3) is 0 Å². The molecule has 3 aromatic heterocycles. The van der Waals surface area contributed by atoms with Crippen LogP contribution in [0.3, 0.4) is 0 Å². The maximum Gasteiger partial charge on any atom is 0.415 e. The van der Waals surface area contributed by atoms with Crippen molar-refractivity contribution in [2.45, 2.75) is 26.4 Å². The summed E-state index contributed by atoms with van der Waals surface area (Å²) < 4.78 is 9.64. The molecule has 0 fully saturated rings. The van der Waals surface area contributed by atoms with Crippen molar-refractivity contribution >= 4 is 67.1 Å². The number of carbonyl (C=O) groups is 1. The van der Waals surface area contributed by atoms with Gasteiger partial charge in [0.15, 0.2) is 5.82 Å². The van der Waals surface area contributed by atoms with Crippen molar-refractivity contribution in [3.8, 4) is 10.4 Å². The summed E-state index contributed by atoms with van der Waals surface area (Å²) in [5.41, 5.74) is 3.08. The highest BCUT2D eigenvalue weighted by atomic mass is 127. The second kappa shape index (κ2) is 7.24. The Morgan fingerprint density at radius 3 is 2.55 bits per heavy atom. The van der Waals surface area contributed by atoms with Crippen molar-refractivity contribution in [1.29, 1.82) is 0 Å². The van der Waals surface area contributed by atoms with Gasteiger partial charge in [0.05, 0.1) is 30.5 Å². The molecule has 0 atom stereocenters. The number of imidazole rings is 1. The second-order valence-corrected chi connectivity index (χ2v) is 9.92. The fourth-order valence-electron chi connectivity index (χ4n) is 3.11. The maximum atomic E-state index is 12.7. The minimum atomic E-state index is -0.587. The predicted molar refractivity (Wildman–Crippen MR) is 127 cm³/mol. The summed E-state index contributed by atoms with van der Waals surface area (Å²) in [7, 11) is 3.63. The van der Waals surface area contributed by atoms with Crippen LogP contribution in [-0.4, -0.2) is 33.3 Å². The van der Waals surface area contributed by atoms with Crippen molar-refractivity contribution in [3.63, 3.8) is 0 Å². The number of rotatable bonds is 2. The summed E-state index contributed by atoms with van der Waals surface area (Å²) in [6.45, 7) is 5.54. The number of fused-ring (bicyclic) bond motifs is 3. The summed E-state index contributed by atoms with van der Waals surface area (Å²) in [6.07, 6.45) is 1.30. The van der Waals surface area contributed by atoms with Crippen LogP contribution in [0.2, 0.25) is 0 Å². The van der Waals surface area contributed by atoms with Crippen molar-refractivity contribution in [1.82, 2.24) is 14.5 Å². The van der Waals surface area contributed by atoms with Gasteiger partial charge in [0.2, 0.25) is 0 Å². The van der Waals surface area contributed by atoms with Crippen molar-refractivity contribution in [2.75, 3.05) is 11.9 Å². The van der Waals surface area contributed by atoms with Gasteiger partial charge < -0.3 is 9.30 Å². The van der Waals surface area contributed by atoms with Crippen molar-refractivity contribution < 1.29 is 9.53 Å². The molecule has 0 aliphatic carbocycles. The van der Waals surface area contributed by atoms with E-state index in [-0.39, 0.29) is 0 Å². The lowest BCUT2D eigenvalue weighted by Gasteiger charge is -2.24. The molecular formula is C21H21IN4O2S. The maximum absolute atomic E-state index is 12.7. The number of carbonyl (C=O) groups excluding carboxylic acids is 1. The van der Waals surface area contributed by atoms with E-state index in [4.69, 9.17) is 9.72 Å². The molecule has 0 aliphatic rings. The first-order valence-electron chi connectivity index (χ1n) is 9.12. The summed E-state index contributed by atoms with van der Waals surface area (Å²) in [5, 5.41) is 0. The van der Waals surface area contributed by atoms with Crippen molar-refractivity contribution in [2.24, 2.45) is 7.05 Å². The van der Waals surface area contributed by atoms with Crippen LogP contribution in [0.25, 0.3) is 31.7 Å². The third-order valence-corrected chi connectivity index (χ3v) is 7.08. The smallest absolute Gasteiger partial charge is 0.415 e. The van der Waals surface area contributed by atoms with Crippen LogP contribution in [0.15, 0.2) is 36.7 Å². The van der Waals surface area contributed by atoms with Crippen LogP contribution in [0.4, 0.5) is 10.6 Å². The zero-order chi connectivity index (χ0) is 20.9. The van der Waals surface area contributed by atoms with Crippen LogP contribution >= 0.6 is 33.9 Å². The zero-order valence-corrected chi connectivity index (χ0v) is 19.8. The quantitative estimate of drug-likeness (QED) is 0.313. The van der Waals surface area contributed by atoms with Gasteiger partial charge in [0, 0.05) is 14.1 Å². The topological polar surface area (TPSA) is 60.3 Å². The number of pyridine rings is 1. The molecule has 0 unspecified atom stereocenters. The van der Waals surface area contributed by atoms with E-state index in [1.54, 1.807) is 24.7 Å². The molecular weight excluding hydrogens is 499 g/mol. The third-order valence-electron chi connectivity index (χ3n) is 4.43. The van der Waals surface area contributed by atoms with E-state index in [9.17, 15) is 4.79 Å². The first-order valence-corrected chi connectivity index (χ1v) is 11.0. The molecule has 3 heterocycles. The number of benzene rings is 1. The van der Waals surface area contributed by atoms with Gasteiger partial charge in [-0.05, 0) is 48.9 Å². The fourth-order valence-corrected chi connectivity index (χ4v) is 5.55. The highest BCUT2D eigenvalue weighted by Crippen LogP contribution is 2.43. The number of hydrogen-bond acceptors (Lipinski definition) is 5. The molecule has 0 saturated carbocycles. The molecule has 0 bridgehead atoms. The number of amides is 1. The van der Waals surface area contributed by atoms with E-state index >= 15 is 0 Å². The number of thiophene rings is 1. The normalized spacial score (nSPS) is 11.9. The molecule has 4 rings (SSSR count). The lowest BCUT2D eigenvalue weighted by atomic mass is 10.2. The highest BCUT2D eigenvalue weighted by molar-refractivity contribution is 14.1. The van der Waals surface area contributed by atoms with Crippen LogP contribution in [0, 0.1) is 3.57 Å². The first-order chi connectivity index (χ1) is 13.7. The van der Waals surface area contributed by atoms with Crippen molar-refractivity contribution in [3.05, 3.63) is 40.2 Å². The van der Waals surface area contributed by atoms with Crippen LogP contribution in [0.1, 0.15) is 20.8 Å². The van der Waals surface area contributed by atoms with Crippen LogP contribution in [-0.2, 0) is 11.8 Å². The number of halogens is 1. The van der Waals surface area contributed by atoms with Gasteiger partial charge in [-0.25, -0.2) is 14.8 Å². The van der Waals surface area contributed by atoms with E-state index in [1.807, 2.05) is 50.6 Å². The minimum Gasteiger partial charge on any atom is -0.443 e. The average Bonchev–Trinajstić information content (AvgIpc) is 3.20. The Morgan fingerprint density at radius 2 is 1.90 bits per heavy atom. The number of anilines is 1. The average molecular weight is 520 g/mol. The van der Waals surface area contributed by atoms with Gasteiger partial charge in [-0.3, -0.25) is 4.90 Å². The van der Waals surface area contributed by atoms with E-state index in [0.29, 0.717) is 11.3 Å². The molecule has 4 aromatic rings. The Morgan fingerprint density at radius 1 is 1.21 bits per heavy atom. The van der Waals surface area contributed by atoms with E-state index in [1.165, 1.54) is 4.90 Å². The number of hydrogen-bond donors (Lipinski definition) is 0. The molecule has 6 nitrogen and oxygen atoms in total. The molecule has 150 valence electrons. The SMILES string of the molecule is CN(C(=O)OC(C)(C)C)c1nc2c(I)c(-c3ccccc3)sc2c2c1ncn2C. The molecule has 0 saturated heterocycles. The highest BCUT2D eigenvalue weighted by Gasteiger charge is 2.26. The predicted octanol–water partition coefficient (Wildman–Crippen LogP) is 5.83. The Labute approximate surface area is 186 Å². The Bertz CT molecular complexity index is 1220. The number of ether oxygens (including phenoxy) is 1. The van der Waals surface area contributed by atoms with Gasteiger partial charge >= 0.3 is 6.09 Å². The van der Waals surface area contributed by atoms with Gasteiger partial charge in [-0.15, -0.1) is 11.3 Å². The minimum absolute atomic E-state index is 0.454. The fraction of sp³-hybridized carbons (Fsp3) is 0.286. The van der Waals surface area contributed by atoms with E-state index in [2.05, 4.69) is 39.7 Å². The molecule has 0 aliphatic heterocycles. The summed E-state index contributed by atoms with van der Waals surface area (Å²) >= 11 is 4.04. The van der Waals surface area contributed by atoms with Crippen LogP contribution in [0.5, 0.6) is 0 Å². The number of aromatic nitrogens is 3. The van der Waals surface area contributed by atoms with Gasteiger partial charge in [0.1, 0.15) is 11.1 Å². The summed E-state index contributed by atoms with van der Waals surface area (Å²) in [4.78, 5) is 24.7. The third kappa shape index (κ3) is 3.59. The lowest BCUT2D eigenvalue weighted by Crippen LogP contribution is -2.34. The molecule has 1 amide bonds. The molecule has 29 heavy (non-hydrogen) atoms. The Hall–Kier alpha value is -2.20. The molecule has 1 aromatic carbocycles. The number of aryl methyl sites for hydroxylation is 1. The monoisotopic (exact) mass is 520 g/mol. The largest absolute Gasteiger partial charge is 0.443 e. The first kappa shape index (κ1) is 20.1. The molecule has 8 heteroatoms. The Kier molecular flexibility index (Phi) is 5.02. The molecule has 0 radical (unpaired) electrons. The van der Waals surface area contributed by atoms with E-state index < -0.39 is 11.7 Å². The standard InChI is InChI=1S/C21H21IN4O2S/c1-21(2,3)28-20(27)26(5)19-15-16(25(4)11-23-15)18-14(24-19)13(22)17(29-18)12-9-7-6-8-10-12/h6-11H,1-5H3.